The van der Waals surface area contributed by atoms with E-state index in [0.717, 1.165) is 0 Å². The monoisotopic (exact) mass is 271 g/mol. The van der Waals surface area contributed by atoms with E-state index in [9.17, 15) is 4.79 Å². The summed E-state index contributed by atoms with van der Waals surface area (Å²) in [6, 6.07) is 4.57. The second-order valence-corrected chi connectivity index (χ2v) is 4.89. The van der Waals surface area contributed by atoms with Crippen molar-refractivity contribution in [3.63, 3.8) is 0 Å². The van der Waals surface area contributed by atoms with Crippen LogP contribution in [0.1, 0.15) is 32.1 Å². The van der Waals surface area contributed by atoms with Crippen LogP contribution in [0.3, 0.4) is 0 Å². The van der Waals surface area contributed by atoms with Crippen molar-refractivity contribution in [2.24, 2.45) is 5.73 Å². The minimum atomic E-state index is -0.709. The number of benzene rings is 1. The molecular weight excluding hydrogens is 254 g/mol. The number of terminal acetylenes is 1. The fourth-order valence-corrected chi connectivity index (χ4v) is 1.72. The lowest BCUT2D eigenvalue weighted by Gasteiger charge is -2.09. The number of nitrogens with zero attached hydrogens (tertiary/aromatic N) is 1. The van der Waals surface area contributed by atoms with Crippen LogP contribution in [0.4, 0.5) is 5.69 Å². The van der Waals surface area contributed by atoms with Crippen LogP contribution < -0.4 is 11.1 Å². The van der Waals surface area contributed by atoms with Gasteiger partial charge < -0.3 is 15.5 Å². The van der Waals surface area contributed by atoms with E-state index in [-0.39, 0.29) is 18.2 Å². The smallest absolute Gasteiger partial charge is 0.242 e. The summed E-state index contributed by atoms with van der Waals surface area (Å²) in [5.74, 6) is 2.94. The fourth-order valence-electron chi connectivity index (χ4n) is 1.72. The summed E-state index contributed by atoms with van der Waals surface area (Å²) < 4.78 is 5.60. The highest BCUT2D eigenvalue weighted by Crippen LogP contribution is 2.23. The van der Waals surface area contributed by atoms with Crippen molar-refractivity contribution in [3.05, 3.63) is 24.1 Å². The lowest BCUT2D eigenvalue weighted by molar-refractivity contribution is -0.117. The van der Waals surface area contributed by atoms with E-state index in [1.54, 1.807) is 18.2 Å². The fraction of sp³-hybridized carbons (Fsp3) is 0.333. The zero-order chi connectivity index (χ0) is 14.7. The number of oxazole rings is 1. The molecule has 0 saturated heterocycles. The van der Waals surface area contributed by atoms with Crippen molar-refractivity contribution in [2.75, 3.05) is 5.32 Å². The Morgan fingerprint density at radius 1 is 1.55 bits per heavy atom. The zero-order valence-electron chi connectivity index (χ0n) is 11.5. The normalized spacial score (nSPS) is 12.3. The maximum Gasteiger partial charge on any atom is 0.242 e. The third-order valence-corrected chi connectivity index (χ3v) is 2.84. The number of carbonyl (C=O) groups is 1. The molecule has 5 nitrogen and oxygen atoms in total. The second kappa shape index (κ2) is 5.76. The molecule has 0 bridgehead atoms. The van der Waals surface area contributed by atoms with Crippen LogP contribution >= 0.6 is 0 Å². The average molecular weight is 271 g/mol. The lowest BCUT2D eigenvalue weighted by atomic mass is 10.2. The van der Waals surface area contributed by atoms with Crippen molar-refractivity contribution in [1.29, 1.82) is 0 Å². The van der Waals surface area contributed by atoms with Gasteiger partial charge in [0.2, 0.25) is 5.91 Å². The molecule has 0 aliphatic heterocycles. The van der Waals surface area contributed by atoms with Gasteiger partial charge in [0, 0.05) is 18.0 Å². The van der Waals surface area contributed by atoms with E-state index in [0.29, 0.717) is 22.7 Å². The van der Waals surface area contributed by atoms with Gasteiger partial charge in [-0.25, -0.2) is 4.98 Å². The molecule has 20 heavy (non-hydrogen) atoms. The molecule has 0 spiro atoms. The standard InChI is InChI=1S/C15H17N3O2/c1-4-5-11(16)14(19)17-10-6-7-13-12(8-10)18-15(20-13)9(2)3/h1,6-9,11H,5,16H2,2-3H3,(H,17,19). The number of carbonyl (C=O) groups excluding carboxylic acids is 1. The number of hydrogen-bond acceptors (Lipinski definition) is 4. The van der Waals surface area contributed by atoms with Crippen molar-refractivity contribution >= 4 is 22.7 Å². The Morgan fingerprint density at radius 2 is 2.30 bits per heavy atom. The first-order valence-corrected chi connectivity index (χ1v) is 6.41. The summed E-state index contributed by atoms with van der Waals surface area (Å²) >= 11 is 0. The highest BCUT2D eigenvalue weighted by atomic mass is 16.3. The predicted octanol–water partition coefficient (Wildman–Crippen LogP) is 2.24. The van der Waals surface area contributed by atoms with Gasteiger partial charge in [0.25, 0.3) is 0 Å². The van der Waals surface area contributed by atoms with Crippen LogP contribution in [0.2, 0.25) is 0 Å². The summed E-state index contributed by atoms with van der Waals surface area (Å²) in [7, 11) is 0. The third kappa shape index (κ3) is 2.98. The van der Waals surface area contributed by atoms with Crippen molar-refractivity contribution in [2.45, 2.75) is 32.2 Å². The number of aromatic nitrogens is 1. The first-order valence-electron chi connectivity index (χ1n) is 6.41. The highest BCUT2D eigenvalue weighted by molar-refractivity contribution is 5.96. The summed E-state index contributed by atoms with van der Waals surface area (Å²) in [4.78, 5) is 16.2. The van der Waals surface area contributed by atoms with Crippen LogP contribution in [0, 0.1) is 12.3 Å². The van der Waals surface area contributed by atoms with Crippen LogP contribution in [0.15, 0.2) is 22.6 Å². The number of hydrogen-bond donors (Lipinski definition) is 2. The van der Waals surface area contributed by atoms with Crippen molar-refractivity contribution < 1.29 is 9.21 Å². The van der Waals surface area contributed by atoms with Gasteiger partial charge in [-0.05, 0) is 18.2 Å². The highest BCUT2D eigenvalue weighted by Gasteiger charge is 2.14. The molecule has 0 radical (unpaired) electrons. The topological polar surface area (TPSA) is 81.2 Å². The van der Waals surface area contributed by atoms with Gasteiger partial charge in [-0.1, -0.05) is 13.8 Å². The van der Waals surface area contributed by atoms with E-state index in [4.69, 9.17) is 16.6 Å². The number of amides is 1. The van der Waals surface area contributed by atoms with Crippen LogP contribution in [-0.4, -0.2) is 16.9 Å². The molecule has 0 aliphatic rings. The quantitative estimate of drug-likeness (QED) is 0.836. The molecule has 3 N–H and O–H groups in total. The number of anilines is 1. The van der Waals surface area contributed by atoms with Gasteiger partial charge in [0.1, 0.15) is 5.52 Å². The number of fused-ring (bicyclic) bond motifs is 1. The molecule has 1 aromatic heterocycles. The Bertz CT molecular complexity index is 667. The molecule has 1 aromatic carbocycles. The molecule has 0 aliphatic carbocycles. The van der Waals surface area contributed by atoms with E-state index < -0.39 is 6.04 Å². The van der Waals surface area contributed by atoms with E-state index in [1.807, 2.05) is 13.8 Å². The maximum atomic E-state index is 11.8. The van der Waals surface area contributed by atoms with Gasteiger partial charge in [-0.2, -0.15) is 0 Å². The van der Waals surface area contributed by atoms with E-state index in [1.165, 1.54) is 0 Å². The Hall–Kier alpha value is -2.32. The average Bonchev–Trinajstić information content (AvgIpc) is 2.82. The summed E-state index contributed by atoms with van der Waals surface area (Å²) in [6.45, 7) is 4.01. The predicted molar refractivity (Wildman–Crippen MR) is 78.2 cm³/mol. The van der Waals surface area contributed by atoms with Crippen LogP contribution in [0.25, 0.3) is 11.1 Å². The molecule has 1 heterocycles. The largest absolute Gasteiger partial charge is 0.440 e. The second-order valence-electron chi connectivity index (χ2n) is 4.89. The van der Waals surface area contributed by atoms with Gasteiger partial charge in [-0.3, -0.25) is 4.79 Å². The molecule has 104 valence electrons. The maximum absolute atomic E-state index is 11.8. The minimum absolute atomic E-state index is 0.204. The SMILES string of the molecule is C#CCC(N)C(=O)Nc1ccc2oc(C(C)C)nc2c1. The zero-order valence-corrected chi connectivity index (χ0v) is 11.5. The lowest BCUT2D eigenvalue weighted by Crippen LogP contribution is -2.35. The van der Waals surface area contributed by atoms with Gasteiger partial charge in [0.15, 0.2) is 11.5 Å². The van der Waals surface area contributed by atoms with Crippen molar-refractivity contribution in [3.8, 4) is 12.3 Å². The summed E-state index contributed by atoms with van der Waals surface area (Å²) in [5.41, 5.74) is 7.67. The molecule has 1 amide bonds. The molecule has 0 fully saturated rings. The first kappa shape index (κ1) is 14.1. The summed E-state index contributed by atoms with van der Waals surface area (Å²) in [6.07, 6.45) is 5.34. The van der Waals surface area contributed by atoms with E-state index >= 15 is 0 Å². The van der Waals surface area contributed by atoms with Gasteiger partial charge in [0.05, 0.1) is 6.04 Å². The molecule has 1 atom stereocenters. The van der Waals surface area contributed by atoms with Crippen LogP contribution in [-0.2, 0) is 4.79 Å². The molecular formula is C15H17N3O2. The number of rotatable bonds is 4. The van der Waals surface area contributed by atoms with Gasteiger partial charge in [-0.15, -0.1) is 12.3 Å². The van der Waals surface area contributed by atoms with E-state index in [2.05, 4.69) is 16.2 Å². The van der Waals surface area contributed by atoms with Crippen LogP contribution in [0.5, 0.6) is 0 Å². The molecule has 2 aromatic rings. The van der Waals surface area contributed by atoms with Crippen molar-refractivity contribution in [1.82, 2.24) is 4.98 Å². The molecule has 5 heteroatoms. The summed E-state index contributed by atoms with van der Waals surface area (Å²) in [5, 5.41) is 2.72. The Labute approximate surface area is 117 Å². The first-order chi connectivity index (χ1) is 9.51. The molecule has 2 rings (SSSR count). The Balaban J connectivity index is 2.19. The number of nitrogens with one attached hydrogen (secondary N) is 1. The minimum Gasteiger partial charge on any atom is -0.440 e. The Kier molecular flexibility index (Phi) is 4.06. The molecule has 1 unspecified atom stereocenters. The van der Waals surface area contributed by atoms with Gasteiger partial charge >= 0.3 is 0 Å². The number of nitrogens with two attached hydrogens (primary N) is 1. The Morgan fingerprint density at radius 3 is 2.95 bits per heavy atom. The third-order valence-electron chi connectivity index (χ3n) is 2.84. The molecule has 0 saturated carbocycles.